The maximum absolute atomic E-state index is 12.7. The summed E-state index contributed by atoms with van der Waals surface area (Å²) in [6.07, 6.45) is 0.184. The van der Waals surface area contributed by atoms with Crippen molar-refractivity contribution in [3.63, 3.8) is 0 Å². The number of hydrogen-bond donors (Lipinski definition) is 3. The number of benzene rings is 3. The highest BCUT2D eigenvalue weighted by molar-refractivity contribution is 6.06. The quantitative estimate of drug-likeness (QED) is 0.526. The summed E-state index contributed by atoms with van der Waals surface area (Å²) >= 11 is 0. The van der Waals surface area contributed by atoms with Crippen molar-refractivity contribution in [2.75, 3.05) is 6.54 Å². The van der Waals surface area contributed by atoms with Crippen molar-refractivity contribution in [1.82, 2.24) is 10.6 Å². The van der Waals surface area contributed by atoms with Crippen LogP contribution in [0.2, 0.25) is 0 Å². The van der Waals surface area contributed by atoms with Crippen molar-refractivity contribution in [1.29, 1.82) is 5.26 Å². The lowest BCUT2D eigenvalue weighted by molar-refractivity contribution is -0.122. The molecule has 0 radical (unpaired) electrons. The Bertz CT molecular complexity index is 1150. The van der Waals surface area contributed by atoms with E-state index in [4.69, 9.17) is 5.26 Å². The van der Waals surface area contributed by atoms with Crippen LogP contribution in [0.5, 0.6) is 0 Å². The fourth-order valence-electron chi connectivity index (χ4n) is 3.16. The number of amides is 2. The molecule has 30 heavy (non-hydrogen) atoms. The number of nitriles is 1. The number of carboxylic acid groups (broad SMARTS) is 1. The highest BCUT2D eigenvalue weighted by Gasteiger charge is 2.24. The minimum atomic E-state index is -1.24. The second-order valence-corrected chi connectivity index (χ2v) is 6.64. The topological polar surface area (TPSA) is 119 Å². The van der Waals surface area contributed by atoms with Crippen molar-refractivity contribution in [3.05, 3.63) is 83.4 Å². The van der Waals surface area contributed by atoms with E-state index in [0.29, 0.717) is 0 Å². The van der Waals surface area contributed by atoms with Gasteiger partial charge in [-0.15, -0.1) is 0 Å². The van der Waals surface area contributed by atoms with Gasteiger partial charge in [0, 0.05) is 6.42 Å². The molecule has 7 heteroatoms. The van der Waals surface area contributed by atoms with Gasteiger partial charge in [0.15, 0.2) is 0 Å². The maximum atomic E-state index is 12.7. The van der Waals surface area contributed by atoms with Gasteiger partial charge >= 0.3 is 5.97 Å². The second-order valence-electron chi connectivity index (χ2n) is 6.64. The van der Waals surface area contributed by atoms with Crippen LogP contribution in [0.1, 0.15) is 26.3 Å². The average molecular weight is 401 g/mol. The lowest BCUT2D eigenvalue weighted by Gasteiger charge is -2.19. The van der Waals surface area contributed by atoms with Crippen LogP contribution in [0.25, 0.3) is 10.8 Å². The summed E-state index contributed by atoms with van der Waals surface area (Å²) in [5, 5.41) is 25.2. The van der Waals surface area contributed by atoms with E-state index in [9.17, 15) is 19.5 Å². The first-order chi connectivity index (χ1) is 14.5. The van der Waals surface area contributed by atoms with E-state index in [-0.39, 0.29) is 24.1 Å². The van der Waals surface area contributed by atoms with Gasteiger partial charge in [0.1, 0.15) is 12.6 Å². The molecule has 150 valence electrons. The molecule has 2 amide bonds. The van der Waals surface area contributed by atoms with Crippen LogP contribution in [-0.2, 0) is 11.2 Å². The number of aromatic carboxylic acids is 1. The molecule has 7 nitrogen and oxygen atoms in total. The SMILES string of the molecule is N#CCNC(=O)[C@H](Cc1ccc2ccccc2c1)NC(=O)c1ccccc1C(=O)O. The molecule has 0 heterocycles. The van der Waals surface area contributed by atoms with E-state index >= 15 is 0 Å². The minimum Gasteiger partial charge on any atom is -0.478 e. The number of rotatable bonds is 7. The van der Waals surface area contributed by atoms with Crippen LogP contribution in [0.4, 0.5) is 0 Å². The minimum absolute atomic E-state index is 0.0402. The number of carboxylic acids is 1. The zero-order chi connectivity index (χ0) is 21.5. The first kappa shape index (κ1) is 20.6. The molecule has 3 rings (SSSR count). The number of nitrogens with zero attached hydrogens (tertiary/aromatic N) is 1. The van der Waals surface area contributed by atoms with Crippen LogP contribution in [-0.4, -0.2) is 35.5 Å². The standard InChI is InChI=1S/C23H19N3O4/c24-11-12-25-22(28)20(14-15-9-10-16-5-1-2-6-17(16)13-15)26-21(27)18-7-3-4-8-19(18)23(29)30/h1-10,13,20H,12,14H2,(H,25,28)(H,26,27)(H,29,30)/t20-/m0/s1. The van der Waals surface area contributed by atoms with Gasteiger partial charge in [-0.1, -0.05) is 54.6 Å². The lowest BCUT2D eigenvalue weighted by atomic mass is 10.00. The monoisotopic (exact) mass is 401 g/mol. The van der Waals surface area contributed by atoms with Gasteiger partial charge in [0.05, 0.1) is 17.2 Å². The Morgan fingerprint density at radius 3 is 2.30 bits per heavy atom. The molecule has 3 aromatic rings. The highest BCUT2D eigenvalue weighted by atomic mass is 16.4. The smallest absolute Gasteiger partial charge is 0.336 e. The molecule has 0 spiro atoms. The Hall–Kier alpha value is -4.18. The Morgan fingerprint density at radius 2 is 1.60 bits per heavy atom. The molecule has 0 bridgehead atoms. The average Bonchev–Trinajstić information content (AvgIpc) is 2.76. The molecule has 0 unspecified atom stereocenters. The van der Waals surface area contributed by atoms with Gasteiger partial charge in [-0.25, -0.2) is 4.79 Å². The van der Waals surface area contributed by atoms with Crippen LogP contribution in [0, 0.1) is 11.3 Å². The molecule has 1 atom stereocenters. The molecular formula is C23H19N3O4. The van der Waals surface area contributed by atoms with E-state index in [1.165, 1.54) is 18.2 Å². The summed E-state index contributed by atoms with van der Waals surface area (Å²) in [5.74, 6) is -2.43. The summed E-state index contributed by atoms with van der Waals surface area (Å²) in [6.45, 7) is -0.200. The van der Waals surface area contributed by atoms with Gasteiger partial charge in [0.25, 0.3) is 5.91 Å². The lowest BCUT2D eigenvalue weighted by Crippen LogP contribution is -2.48. The van der Waals surface area contributed by atoms with Crippen molar-refractivity contribution >= 4 is 28.6 Å². The fraction of sp³-hybridized carbons (Fsp3) is 0.130. The van der Waals surface area contributed by atoms with Crippen LogP contribution in [0.15, 0.2) is 66.7 Å². The molecule has 0 fully saturated rings. The van der Waals surface area contributed by atoms with Crippen molar-refractivity contribution in [3.8, 4) is 6.07 Å². The van der Waals surface area contributed by atoms with E-state index in [1.54, 1.807) is 6.07 Å². The summed E-state index contributed by atoms with van der Waals surface area (Å²) in [5.41, 5.74) is 0.621. The first-order valence-electron chi connectivity index (χ1n) is 9.25. The summed E-state index contributed by atoms with van der Waals surface area (Å²) in [7, 11) is 0. The molecule has 0 saturated heterocycles. The van der Waals surface area contributed by atoms with Gasteiger partial charge in [-0.3, -0.25) is 9.59 Å². The zero-order valence-corrected chi connectivity index (χ0v) is 16.0. The molecule has 0 aliphatic heterocycles. The Balaban J connectivity index is 1.87. The van der Waals surface area contributed by atoms with Gasteiger partial charge in [-0.2, -0.15) is 5.26 Å². The summed E-state index contributed by atoms with van der Waals surface area (Å²) in [6, 6.07) is 20.1. The van der Waals surface area contributed by atoms with Crippen LogP contribution >= 0.6 is 0 Å². The van der Waals surface area contributed by atoms with E-state index in [2.05, 4.69) is 10.6 Å². The largest absolute Gasteiger partial charge is 0.478 e. The second kappa shape index (κ2) is 9.34. The van der Waals surface area contributed by atoms with Crippen LogP contribution in [0.3, 0.4) is 0 Å². The molecule has 3 N–H and O–H groups in total. The van der Waals surface area contributed by atoms with E-state index in [1.807, 2.05) is 48.5 Å². The van der Waals surface area contributed by atoms with E-state index < -0.39 is 23.8 Å². The Morgan fingerprint density at radius 1 is 0.933 bits per heavy atom. The van der Waals surface area contributed by atoms with Crippen LogP contribution < -0.4 is 10.6 Å². The molecule has 3 aromatic carbocycles. The maximum Gasteiger partial charge on any atom is 0.336 e. The number of carbonyl (C=O) groups is 3. The third kappa shape index (κ3) is 4.80. The molecule has 0 aromatic heterocycles. The van der Waals surface area contributed by atoms with Crippen molar-refractivity contribution in [2.24, 2.45) is 0 Å². The Labute approximate surface area is 172 Å². The number of carbonyl (C=O) groups excluding carboxylic acids is 2. The Kier molecular flexibility index (Phi) is 6.40. The summed E-state index contributed by atoms with van der Waals surface area (Å²) < 4.78 is 0. The van der Waals surface area contributed by atoms with Gasteiger partial charge < -0.3 is 15.7 Å². The first-order valence-corrected chi connectivity index (χ1v) is 9.25. The predicted octanol–water partition coefficient (Wildman–Crippen LogP) is 2.52. The molecular weight excluding hydrogens is 382 g/mol. The molecule has 0 saturated carbocycles. The van der Waals surface area contributed by atoms with Gasteiger partial charge in [-0.05, 0) is 28.5 Å². The number of hydrogen-bond acceptors (Lipinski definition) is 4. The highest BCUT2D eigenvalue weighted by Crippen LogP contribution is 2.17. The molecule has 0 aliphatic carbocycles. The third-order valence-electron chi connectivity index (χ3n) is 4.62. The predicted molar refractivity (Wildman–Crippen MR) is 111 cm³/mol. The third-order valence-corrected chi connectivity index (χ3v) is 4.62. The number of fused-ring (bicyclic) bond motifs is 1. The molecule has 0 aliphatic rings. The van der Waals surface area contributed by atoms with Crippen molar-refractivity contribution < 1.29 is 19.5 Å². The van der Waals surface area contributed by atoms with Gasteiger partial charge in [0.2, 0.25) is 5.91 Å². The fourth-order valence-corrected chi connectivity index (χ4v) is 3.16. The zero-order valence-electron chi connectivity index (χ0n) is 16.0. The van der Waals surface area contributed by atoms with Crippen molar-refractivity contribution in [2.45, 2.75) is 12.5 Å². The number of nitrogens with one attached hydrogen (secondary N) is 2. The van der Waals surface area contributed by atoms with E-state index in [0.717, 1.165) is 16.3 Å². The summed E-state index contributed by atoms with van der Waals surface area (Å²) in [4.78, 5) is 36.7. The normalized spacial score (nSPS) is 11.3.